The molecular weight excluding hydrogens is 162 g/mol. The summed E-state index contributed by atoms with van der Waals surface area (Å²) in [6.07, 6.45) is 5.49. The first-order valence-corrected chi connectivity index (χ1v) is 5.55. The Morgan fingerprint density at radius 1 is 1.46 bits per heavy atom. The van der Waals surface area contributed by atoms with Crippen LogP contribution in [-0.2, 0) is 4.74 Å². The summed E-state index contributed by atoms with van der Waals surface area (Å²) in [7, 11) is 0. The van der Waals surface area contributed by atoms with E-state index in [1.807, 2.05) is 0 Å². The highest BCUT2D eigenvalue weighted by Crippen LogP contribution is 2.22. The van der Waals surface area contributed by atoms with E-state index in [0.717, 1.165) is 13.2 Å². The van der Waals surface area contributed by atoms with Crippen molar-refractivity contribution in [1.82, 2.24) is 0 Å². The molecule has 1 aliphatic heterocycles. The Kier molecular flexibility index (Phi) is 4.74. The van der Waals surface area contributed by atoms with Crippen molar-refractivity contribution in [2.24, 2.45) is 17.6 Å². The monoisotopic (exact) mass is 185 g/mol. The Labute approximate surface area is 81.8 Å². The summed E-state index contributed by atoms with van der Waals surface area (Å²) in [5.41, 5.74) is 5.72. The summed E-state index contributed by atoms with van der Waals surface area (Å²) >= 11 is 0. The van der Waals surface area contributed by atoms with Crippen LogP contribution in [0.1, 0.15) is 39.5 Å². The predicted molar refractivity (Wildman–Crippen MR) is 55.6 cm³/mol. The molecule has 1 fully saturated rings. The van der Waals surface area contributed by atoms with Crippen LogP contribution < -0.4 is 5.73 Å². The molecule has 1 heterocycles. The minimum absolute atomic E-state index is 0.535. The zero-order valence-electron chi connectivity index (χ0n) is 8.96. The van der Waals surface area contributed by atoms with Gasteiger partial charge in [0.1, 0.15) is 0 Å². The van der Waals surface area contributed by atoms with Crippen molar-refractivity contribution in [3.8, 4) is 0 Å². The minimum Gasteiger partial charge on any atom is -0.378 e. The Balaban J connectivity index is 2.15. The van der Waals surface area contributed by atoms with Gasteiger partial charge in [-0.25, -0.2) is 0 Å². The van der Waals surface area contributed by atoms with Gasteiger partial charge in [-0.05, 0) is 44.1 Å². The van der Waals surface area contributed by atoms with Gasteiger partial charge in [-0.2, -0.15) is 0 Å². The Bertz CT molecular complexity index is 130. The van der Waals surface area contributed by atoms with E-state index in [1.54, 1.807) is 0 Å². The van der Waals surface area contributed by atoms with Gasteiger partial charge in [0.15, 0.2) is 0 Å². The zero-order valence-corrected chi connectivity index (χ0v) is 8.96. The number of hydrogen-bond donors (Lipinski definition) is 1. The SMILES string of the molecule is CC(C)C(CN)CCC1CCCO1. The van der Waals surface area contributed by atoms with E-state index in [1.165, 1.54) is 25.7 Å². The van der Waals surface area contributed by atoms with Crippen LogP contribution in [0.4, 0.5) is 0 Å². The van der Waals surface area contributed by atoms with E-state index in [0.29, 0.717) is 17.9 Å². The van der Waals surface area contributed by atoms with E-state index in [9.17, 15) is 0 Å². The van der Waals surface area contributed by atoms with Gasteiger partial charge in [0.25, 0.3) is 0 Å². The fraction of sp³-hybridized carbons (Fsp3) is 1.00. The van der Waals surface area contributed by atoms with Crippen LogP contribution in [0.25, 0.3) is 0 Å². The first-order chi connectivity index (χ1) is 6.24. The van der Waals surface area contributed by atoms with Gasteiger partial charge in [-0.15, -0.1) is 0 Å². The topological polar surface area (TPSA) is 35.2 Å². The van der Waals surface area contributed by atoms with Gasteiger partial charge in [-0.1, -0.05) is 13.8 Å². The normalized spacial score (nSPS) is 25.4. The lowest BCUT2D eigenvalue weighted by molar-refractivity contribution is 0.0960. The number of rotatable bonds is 5. The fourth-order valence-corrected chi connectivity index (χ4v) is 2.00. The van der Waals surface area contributed by atoms with Crippen LogP contribution in [0.2, 0.25) is 0 Å². The Hall–Kier alpha value is -0.0800. The van der Waals surface area contributed by atoms with Crippen molar-refractivity contribution >= 4 is 0 Å². The molecule has 0 radical (unpaired) electrons. The number of hydrogen-bond acceptors (Lipinski definition) is 2. The van der Waals surface area contributed by atoms with Gasteiger partial charge in [-0.3, -0.25) is 0 Å². The second kappa shape index (κ2) is 5.61. The van der Waals surface area contributed by atoms with Crippen molar-refractivity contribution in [3.05, 3.63) is 0 Å². The predicted octanol–water partition coefficient (Wildman–Crippen LogP) is 2.18. The molecule has 1 rings (SSSR count). The van der Waals surface area contributed by atoms with Crippen LogP contribution in [0.15, 0.2) is 0 Å². The molecule has 0 aliphatic carbocycles. The van der Waals surface area contributed by atoms with E-state index < -0.39 is 0 Å². The molecule has 13 heavy (non-hydrogen) atoms. The molecule has 2 N–H and O–H groups in total. The zero-order chi connectivity index (χ0) is 9.68. The summed E-state index contributed by atoms with van der Waals surface area (Å²) < 4.78 is 5.59. The molecule has 2 unspecified atom stereocenters. The summed E-state index contributed by atoms with van der Waals surface area (Å²) in [6.45, 7) is 6.31. The molecule has 2 atom stereocenters. The second-order valence-corrected chi connectivity index (χ2v) is 4.45. The minimum atomic E-state index is 0.535. The molecule has 0 aromatic heterocycles. The average molecular weight is 185 g/mol. The van der Waals surface area contributed by atoms with Gasteiger partial charge in [0.05, 0.1) is 6.10 Å². The third kappa shape index (κ3) is 3.65. The van der Waals surface area contributed by atoms with Crippen molar-refractivity contribution in [3.63, 3.8) is 0 Å². The third-order valence-corrected chi connectivity index (χ3v) is 3.13. The van der Waals surface area contributed by atoms with Crippen molar-refractivity contribution in [2.75, 3.05) is 13.2 Å². The highest BCUT2D eigenvalue weighted by Gasteiger charge is 2.18. The molecule has 0 bridgehead atoms. The molecule has 0 aromatic rings. The standard InChI is InChI=1S/C11H23NO/c1-9(2)10(8-12)5-6-11-4-3-7-13-11/h9-11H,3-8,12H2,1-2H3. The first kappa shape index (κ1) is 11.0. The number of ether oxygens (including phenoxy) is 1. The summed E-state index contributed by atoms with van der Waals surface area (Å²) in [4.78, 5) is 0. The summed E-state index contributed by atoms with van der Waals surface area (Å²) in [5.74, 6) is 1.40. The van der Waals surface area contributed by atoms with E-state index in [-0.39, 0.29) is 0 Å². The molecule has 0 spiro atoms. The molecule has 2 heteroatoms. The quantitative estimate of drug-likeness (QED) is 0.712. The van der Waals surface area contributed by atoms with Gasteiger partial charge >= 0.3 is 0 Å². The highest BCUT2D eigenvalue weighted by molar-refractivity contribution is 4.70. The molecule has 0 aromatic carbocycles. The number of nitrogens with two attached hydrogens (primary N) is 1. The van der Waals surface area contributed by atoms with Gasteiger partial charge in [0, 0.05) is 6.61 Å². The highest BCUT2D eigenvalue weighted by atomic mass is 16.5. The van der Waals surface area contributed by atoms with Crippen molar-refractivity contribution in [1.29, 1.82) is 0 Å². The molecule has 0 saturated carbocycles. The van der Waals surface area contributed by atoms with Crippen molar-refractivity contribution < 1.29 is 4.74 Å². The molecule has 2 nitrogen and oxygen atoms in total. The van der Waals surface area contributed by atoms with Gasteiger partial charge < -0.3 is 10.5 Å². The largest absolute Gasteiger partial charge is 0.378 e. The third-order valence-electron chi connectivity index (χ3n) is 3.13. The molecular formula is C11H23NO. The van der Waals surface area contributed by atoms with Crippen LogP contribution in [0.5, 0.6) is 0 Å². The molecule has 1 aliphatic rings. The van der Waals surface area contributed by atoms with E-state index in [2.05, 4.69) is 13.8 Å². The Morgan fingerprint density at radius 3 is 2.69 bits per heavy atom. The van der Waals surface area contributed by atoms with Crippen LogP contribution in [0.3, 0.4) is 0 Å². The lowest BCUT2D eigenvalue weighted by Crippen LogP contribution is -2.21. The van der Waals surface area contributed by atoms with Gasteiger partial charge in [0.2, 0.25) is 0 Å². The maximum Gasteiger partial charge on any atom is 0.0576 e. The summed E-state index contributed by atoms with van der Waals surface area (Å²) in [5, 5.41) is 0. The fourth-order valence-electron chi connectivity index (χ4n) is 2.00. The first-order valence-electron chi connectivity index (χ1n) is 5.55. The van der Waals surface area contributed by atoms with Crippen molar-refractivity contribution in [2.45, 2.75) is 45.6 Å². The lowest BCUT2D eigenvalue weighted by Gasteiger charge is -2.20. The average Bonchev–Trinajstić information content (AvgIpc) is 2.57. The Morgan fingerprint density at radius 2 is 2.23 bits per heavy atom. The maximum absolute atomic E-state index is 5.72. The van der Waals surface area contributed by atoms with Crippen LogP contribution in [0, 0.1) is 11.8 Å². The molecule has 78 valence electrons. The van der Waals surface area contributed by atoms with E-state index >= 15 is 0 Å². The lowest BCUT2D eigenvalue weighted by atomic mass is 9.90. The van der Waals surface area contributed by atoms with E-state index in [4.69, 9.17) is 10.5 Å². The molecule has 1 saturated heterocycles. The molecule has 0 amide bonds. The second-order valence-electron chi connectivity index (χ2n) is 4.45. The van der Waals surface area contributed by atoms with Crippen LogP contribution in [-0.4, -0.2) is 19.3 Å². The van der Waals surface area contributed by atoms with Crippen LogP contribution >= 0.6 is 0 Å². The smallest absolute Gasteiger partial charge is 0.0576 e. The summed E-state index contributed by atoms with van der Waals surface area (Å²) in [6, 6.07) is 0. The maximum atomic E-state index is 5.72.